The number of nitrogens with zero attached hydrogens (tertiary/aromatic N) is 3. The molecule has 2 aromatic carbocycles. The molecule has 1 saturated heterocycles. The summed E-state index contributed by atoms with van der Waals surface area (Å²) in [4.78, 5) is 14.8. The van der Waals surface area contributed by atoms with Crippen LogP contribution in [0, 0.1) is 0 Å². The molecule has 0 N–H and O–H groups in total. The summed E-state index contributed by atoms with van der Waals surface area (Å²) in [6.45, 7) is 1.62. The van der Waals surface area contributed by atoms with Gasteiger partial charge in [-0.2, -0.15) is 8.87 Å². The highest BCUT2D eigenvalue weighted by molar-refractivity contribution is 7.89. The minimum Gasteiger partial charge on any atom is -0.335 e. The molecule has 1 amide bonds. The quantitative estimate of drug-likeness (QED) is 0.592. The number of pyridine rings is 1. The maximum absolute atomic E-state index is 12.8. The summed E-state index contributed by atoms with van der Waals surface area (Å²) in [6.07, 6.45) is 3.84. The third-order valence-corrected chi connectivity index (χ3v) is 7.17. The van der Waals surface area contributed by atoms with E-state index in [1.807, 2.05) is 59.4 Å². The third-order valence-electron chi connectivity index (χ3n) is 5.26. The topological polar surface area (TPSA) is 61.6 Å². The summed E-state index contributed by atoms with van der Waals surface area (Å²) in [7, 11) is -3.52. The van der Waals surface area contributed by atoms with E-state index in [2.05, 4.69) is 0 Å². The van der Waals surface area contributed by atoms with Crippen LogP contribution in [0.3, 0.4) is 0 Å². The molecule has 1 fully saturated rings. The maximum Gasteiger partial charge on any atom is 0.288 e. The van der Waals surface area contributed by atoms with Crippen LogP contribution < -0.4 is 4.57 Å². The molecule has 0 bridgehead atoms. The Balaban J connectivity index is 1.38. The number of hydrogen-bond acceptors (Lipinski definition) is 3. The zero-order valence-electron chi connectivity index (χ0n) is 16.6. The van der Waals surface area contributed by atoms with Crippen LogP contribution in [-0.2, 0) is 21.4 Å². The Labute approximate surface area is 177 Å². The predicted molar refractivity (Wildman–Crippen MR) is 114 cm³/mol. The number of carbonyl (C=O) groups is 1. The van der Waals surface area contributed by atoms with Gasteiger partial charge < -0.3 is 4.90 Å². The van der Waals surface area contributed by atoms with Gasteiger partial charge in [-0.15, -0.1) is 0 Å². The molecule has 0 saturated carbocycles. The number of hydrogen-bond donors (Lipinski definition) is 0. The standard InChI is InChI=1S/C23H24N3O3S/c27-23(19-24-13-7-10-21(18-24)20-8-3-1-4-9-20)25-14-16-26(17-15-25)30(28,29)22-11-5-2-6-12-22/h1-13,18H,14-17,19H2/q+1. The van der Waals surface area contributed by atoms with E-state index < -0.39 is 10.0 Å². The molecule has 3 aromatic rings. The molecule has 0 unspecified atom stereocenters. The van der Waals surface area contributed by atoms with E-state index in [0.717, 1.165) is 11.1 Å². The summed E-state index contributed by atoms with van der Waals surface area (Å²) in [6, 6.07) is 22.4. The van der Waals surface area contributed by atoms with Crippen molar-refractivity contribution in [3.05, 3.63) is 85.2 Å². The van der Waals surface area contributed by atoms with E-state index in [-0.39, 0.29) is 17.3 Å². The van der Waals surface area contributed by atoms with E-state index >= 15 is 0 Å². The van der Waals surface area contributed by atoms with E-state index in [1.165, 1.54) is 4.31 Å². The van der Waals surface area contributed by atoms with Crippen LogP contribution in [0.2, 0.25) is 0 Å². The molecule has 1 aliphatic heterocycles. The zero-order chi connectivity index (χ0) is 21.0. The second-order valence-corrected chi connectivity index (χ2v) is 9.17. The van der Waals surface area contributed by atoms with Crippen LogP contribution in [0.25, 0.3) is 11.1 Å². The molecule has 0 radical (unpaired) electrons. The first-order valence-electron chi connectivity index (χ1n) is 9.91. The van der Waals surface area contributed by atoms with Crippen LogP contribution in [0.15, 0.2) is 90.1 Å². The largest absolute Gasteiger partial charge is 0.335 e. The molecule has 6 nitrogen and oxygen atoms in total. The number of sulfonamides is 1. The third kappa shape index (κ3) is 4.42. The molecule has 4 rings (SSSR count). The van der Waals surface area contributed by atoms with Gasteiger partial charge in [0.25, 0.3) is 5.91 Å². The Kier molecular flexibility index (Phi) is 5.92. The molecule has 1 aliphatic rings. The number of rotatable bonds is 5. The SMILES string of the molecule is O=C(C[n+]1cccc(-c2ccccc2)c1)N1CCN(S(=O)(=O)c2ccccc2)CC1. The fraction of sp³-hybridized carbons (Fsp3) is 0.217. The lowest BCUT2D eigenvalue weighted by Crippen LogP contribution is -2.53. The molecule has 0 spiro atoms. The van der Waals surface area contributed by atoms with E-state index in [1.54, 1.807) is 35.2 Å². The first-order chi connectivity index (χ1) is 14.5. The molecule has 154 valence electrons. The lowest BCUT2D eigenvalue weighted by atomic mass is 10.1. The number of aromatic nitrogens is 1. The number of carbonyl (C=O) groups excluding carboxylic acids is 1. The Hall–Kier alpha value is -3.03. The molecule has 0 aliphatic carbocycles. The van der Waals surface area contributed by atoms with Crippen molar-refractivity contribution in [3.8, 4) is 11.1 Å². The van der Waals surface area contributed by atoms with Crippen molar-refractivity contribution < 1.29 is 17.8 Å². The van der Waals surface area contributed by atoms with Gasteiger partial charge >= 0.3 is 0 Å². The van der Waals surface area contributed by atoms with Gasteiger partial charge in [-0.3, -0.25) is 4.79 Å². The zero-order valence-corrected chi connectivity index (χ0v) is 17.4. The molecule has 1 aromatic heterocycles. The predicted octanol–water partition coefficient (Wildman–Crippen LogP) is 2.17. The fourth-order valence-corrected chi connectivity index (χ4v) is 5.04. The Morgan fingerprint density at radius 2 is 1.40 bits per heavy atom. The second kappa shape index (κ2) is 8.77. The van der Waals surface area contributed by atoms with Crippen molar-refractivity contribution in [2.75, 3.05) is 26.2 Å². The highest BCUT2D eigenvalue weighted by Gasteiger charge is 2.30. The second-order valence-electron chi connectivity index (χ2n) is 7.23. The molecule has 2 heterocycles. The van der Waals surface area contributed by atoms with Crippen molar-refractivity contribution >= 4 is 15.9 Å². The highest BCUT2D eigenvalue weighted by Crippen LogP contribution is 2.18. The van der Waals surface area contributed by atoms with Gasteiger partial charge in [-0.25, -0.2) is 8.42 Å². The maximum atomic E-state index is 12.8. The molecule has 30 heavy (non-hydrogen) atoms. The van der Waals surface area contributed by atoms with Crippen LogP contribution >= 0.6 is 0 Å². The monoisotopic (exact) mass is 422 g/mol. The van der Waals surface area contributed by atoms with Crippen LogP contribution in [0.4, 0.5) is 0 Å². The normalized spacial score (nSPS) is 15.1. The molecule has 0 atom stereocenters. The number of amides is 1. The molecule has 7 heteroatoms. The first-order valence-corrected chi connectivity index (χ1v) is 11.4. The van der Waals surface area contributed by atoms with Gasteiger partial charge in [0.05, 0.1) is 4.90 Å². The Morgan fingerprint density at radius 3 is 2.07 bits per heavy atom. The van der Waals surface area contributed by atoms with Gasteiger partial charge in [-0.05, 0) is 23.8 Å². The summed E-state index contributed by atoms with van der Waals surface area (Å²) >= 11 is 0. The van der Waals surface area contributed by atoms with Crippen molar-refractivity contribution in [2.24, 2.45) is 0 Å². The summed E-state index contributed by atoms with van der Waals surface area (Å²) in [5.41, 5.74) is 2.14. The average molecular weight is 423 g/mol. The Bertz CT molecular complexity index is 1110. The minimum atomic E-state index is -3.52. The van der Waals surface area contributed by atoms with E-state index in [0.29, 0.717) is 26.2 Å². The highest BCUT2D eigenvalue weighted by atomic mass is 32.2. The van der Waals surface area contributed by atoms with E-state index in [4.69, 9.17) is 0 Å². The van der Waals surface area contributed by atoms with Gasteiger partial charge in [0, 0.05) is 37.8 Å². The first kappa shape index (κ1) is 20.3. The Morgan fingerprint density at radius 1 is 0.800 bits per heavy atom. The molecular formula is C23H24N3O3S+. The number of benzene rings is 2. The fourth-order valence-electron chi connectivity index (χ4n) is 3.60. The van der Waals surface area contributed by atoms with Crippen molar-refractivity contribution in [3.63, 3.8) is 0 Å². The van der Waals surface area contributed by atoms with Crippen LogP contribution in [0.5, 0.6) is 0 Å². The van der Waals surface area contributed by atoms with Crippen LogP contribution in [0.1, 0.15) is 0 Å². The van der Waals surface area contributed by atoms with Gasteiger partial charge in [0.15, 0.2) is 12.4 Å². The van der Waals surface area contributed by atoms with Gasteiger partial charge in [-0.1, -0.05) is 48.5 Å². The average Bonchev–Trinajstić information content (AvgIpc) is 2.80. The molecular weight excluding hydrogens is 398 g/mol. The summed E-state index contributed by atoms with van der Waals surface area (Å²) < 4.78 is 28.8. The van der Waals surface area contributed by atoms with Crippen LogP contribution in [-0.4, -0.2) is 49.7 Å². The van der Waals surface area contributed by atoms with Gasteiger partial charge in [0.2, 0.25) is 16.6 Å². The summed E-state index contributed by atoms with van der Waals surface area (Å²) in [5, 5.41) is 0. The number of piperazine rings is 1. The van der Waals surface area contributed by atoms with E-state index in [9.17, 15) is 13.2 Å². The van der Waals surface area contributed by atoms with Crippen molar-refractivity contribution in [2.45, 2.75) is 11.4 Å². The lowest BCUT2D eigenvalue weighted by Gasteiger charge is -2.33. The lowest BCUT2D eigenvalue weighted by molar-refractivity contribution is -0.684. The summed E-state index contributed by atoms with van der Waals surface area (Å²) in [5.74, 6) is -0.0121. The minimum absolute atomic E-state index is 0.0121. The van der Waals surface area contributed by atoms with Crippen molar-refractivity contribution in [1.82, 2.24) is 9.21 Å². The van der Waals surface area contributed by atoms with Crippen molar-refractivity contribution in [1.29, 1.82) is 0 Å². The smallest absolute Gasteiger partial charge is 0.288 e. The van der Waals surface area contributed by atoms with Gasteiger partial charge in [0.1, 0.15) is 0 Å².